The number of ketones is 1. The summed E-state index contributed by atoms with van der Waals surface area (Å²) in [5.74, 6) is -0.0287. The van der Waals surface area contributed by atoms with Gasteiger partial charge < -0.3 is 0 Å². The van der Waals surface area contributed by atoms with E-state index in [2.05, 4.69) is 31.9 Å². The highest BCUT2D eigenvalue weighted by Gasteiger charge is 2.17. The molecule has 0 saturated carbocycles. The van der Waals surface area contributed by atoms with Gasteiger partial charge in [0, 0.05) is 10.7 Å². The van der Waals surface area contributed by atoms with Gasteiger partial charge in [-0.1, -0.05) is 22.0 Å². The van der Waals surface area contributed by atoms with E-state index < -0.39 is 14.7 Å². The van der Waals surface area contributed by atoms with Gasteiger partial charge in [-0.3, -0.25) is 4.79 Å². The molecule has 1 unspecified atom stereocenters. The van der Waals surface area contributed by atoms with Crippen molar-refractivity contribution < 1.29 is 13.2 Å². The van der Waals surface area contributed by atoms with Crippen LogP contribution in [-0.4, -0.2) is 20.5 Å². The van der Waals surface area contributed by atoms with E-state index in [-0.39, 0.29) is 10.7 Å². The number of halogens is 2. The fourth-order valence-corrected chi connectivity index (χ4v) is 3.50. The second kappa shape index (κ2) is 4.98. The van der Waals surface area contributed by atoms with Gasteiger partial charge in [-0.2, -0.15) is 0 Å². The maximum atomic E-state index is 11.4. The van der Waals surface area contributed by atoms with Gasteiger partial charge in [-0.05, 0) is 40.5 Å². The lowest BCUT2D eigenvalue weighted by Crippen LogP contribution is -2.03. The zero-order valence-corrected chi connectivity index (χ0v) is 12.7. The maximum absolute atomic E-state index is 11.4. The van der Waals surface area contributed by atoms with E-state index in [4.69, 9.17) is 0 Å². The number of benzene rings is 1. The molecular formula is C10H10Br2O3S. The Morgan fingerprint density at radius 1 is 1.38 bits per heavy atom. The normalized spacial score (nSPS) is 13.5. The van der Waals surface area contributed by atoms with Crippen molar-refractivity contribution in [2.45, 2.75) is 16.6 Å². The first-order valence-corrected chi connectivity index (χ1v) is 7.97. The number of sulfone groups is 1. The number of hydrogen-bond donors (Lipinski definition) is 0. The van der Waals surface area contributed by atoms with E-state index in [0.717, 1.165) is 11.8 Å². The van der Waals surface area contributed by atoms with Gasteiger partial charge in [-0.15, -0.1) is 0 Å². The van der Waals surface area contributed by atoms with Crippen molar-refractivity contribution >= 4 is 47.5 Å². The Hall–Kier alpha value is -0.200. The Bertz CT molecular complexity index is 523. The summed E-state index contributed by atoms with van der Waals surface area (Å²) in [4.78, 5) is 11.0. The average Bonchev–Trinajstić information content (AvgIpc) is 2.14. The summed E-state index contributed by atoms with van der Waals surface area (Å²) in [5.41, 5.74) is 0.728. The molecule has 0 aliphatic heterocycles. The van der Waals surface area contributed by atoms with E-state index in [1.165, 1.54) is 13.0 Å². The summed E-state index contributed by atoms with van der Waals surface area (Å²) >= 11 is 6.43. The first-order valence-electron chi connectivity index (χ1n) is 4.37. The summed E-state index contributed by atoms with van der Waals surface area (Å²) in [7, 11) is -3.24. The molecule has 0 aliphatic carbocycles. The van der Waals surface area contributed by atoms with Crippen LogP contribution >= 0.6 is 31.9 Å². The van der Waals surface area contributed by atoms with E-state index in [0.29, 0.717) is 4.47 Å². The van der Waals surface area contributed by atoms with Crippen molar-refractivity contribution in [1.82, 2.24) is 0 Å². The molecule has 1 aromatic carbocycles. The van der Waals surface area contributed by atoms with Crippen LogP contribution in [0.15, 0.2) is 27.6 Å². The minimum atomic E-state index is -3.24. The second-order valence-corrected chi connectivity index (χ2v) is 7.19. The molecule has 0 saturated heterocycles. The Morgan fingerprint density at radius 3 is 2.31 bits per heavy atom. The van der Waals surface area contributed by atoms with Crippen molar-refractivity contribution in [3.8, 4) is 0 Å². The lowest BCUT2D eigenvalue weighted by atomic mass is 10.1. The monoisotopic (exact) mass is 368 g/mol. The van der Waals surface area contributed by atoms with E-state index in [9.17, 15) is 13.2 Å². The molecule has 6 heteroatoms. The third kappa shape index (κ3) is 3.15. The minimum Gasteiger partial charge on any atom is -0.298 e. The average molecular weight is 370 g/mol. The third-order valence-corrected chi connectivity index (χ3v) is 5.25. The van der Waals surface area contributed by atoms with Crippen molar-refractivity contribution in [3.05, 3.63) is 28.2 Å². The van der Waals surface area contributed by atoms with Crippen LogP contribution in [0.4, 0.5) is 0 Å². The molecule has 0 bridgehead atoms. The smallest absolute Gasteiger partial charge is 0.176 e. The van der Waals surface area contributed by atoms with Crippen LogP contribution in [0.3, 0.4) is 0 Å². The number of rotatable bonds is 3. The molecule has 0 radical (unpaired) electrons. The second-order valence-electron chi connectivity index (χ2n) is 3.44. The molecule has 16 heavy (non-hydrogen) atoms. The van der Waals surface area contributed by atoms with Crippen LogP contribution in [0.2, 0.25) is 0 Å². The summed E-state index contributed by atoms with van der Waals surface area (Å²) in [6, 6.07) is 4.76. The number of hydrogen-bond acceptors (Lipinski definition) is 3. The zero-order chi connectivity index (χ0) is 12.5. The number of carbonyl (C=O) groups is 1. The molecule has 0 heterocycles. The van der Waals surface area contributed by atoms with E-state index in [1.807, 2.05) is 0 Å². The molecule has 0 aromatic heterocycles. The van der Waals surface area contributed by atoms with Crippen molar-refractivity contribution in [2.24, 2.45) is 0 Å². The molecule has 1 rings (SSSR count). The Morgan fingerprint density at radius 2 is 1.94 bits per heavy atom. The molecule has 1 aromatic rings. The highest BCUT2D eigenvalue weighted by atomic mass is 79.9. The van der Waals surface area contributed by atoms with Gasteiger partial charge in [0.15, 0.2) is 9.84 Å². The van der Waals surface area contributed by atoms with Crippen LogP contribution in [0.5, 0.6) is 0 Å². The standard InChI is InChI=1S/C10H10Br2O3S/c1-6(13)10(12)7-3-4-9(8(11)5-7)16(2,14)15/h3-5,10H,1-2H3. The van der Waals surface area contributed by atoms with Gasteiger partial charge in [0.2, 0.25) is 0 Å². The Balaban J connectivity index is 3.25. The van der Waals surface area contributed by atoms with Gasteiger partial charge in [0.25, 0.3) is 0 Å². The van der Waals surface area contributed by atoms with Crippen LogP contribution in [0.1, 0.15) is 17.3 Å². The van der Waals surface area contributed by atoms with E-state index in [1.54, 1.807) is 12.1 Å². The summed E-state index contributed by atoms with van der Waals surface area (Å²) in [5, 5.41) is 0. The predicted molar refractivity (Wildman–Crippen MR) is 69.6 cm³/mol. The summed E-state index contributed by atoms with van der Waals surface area (Å²) in [6.07, 6.45) is 1.14. The lowest BCUT2D eigenvalue weighted by molar-refractivity contribution is -0.116. The number of alkyl halides is 1. The number of Topliss-reactive ketones (excluding diaryl/α,β-unsaturated/α-hetero) is 1. The first kappa shape index (κ1) is 13.9. The highest BCUT2D eigenvalue weighted by Crippen LogP contribution is 2.30. The number of carbonyl (C=O) groups excluding carboxylic acids is 1. The first-order chi connectivity index (χ1) is 7.23. The van der Waals surface area contributed by atoms with Crippen LogP contribution in [0, 0.1) is 0 Å². The van der Waals surface area contributed by atoms with Crippen LogP contribution in [0.25, 0.3) is 0 Å². The van der Waals surface area contributed by atoms with Gasteiger partial charge >= 0.3 is 0 Å². The van der Waals surface area contributed by atoms with E-state index >= 15 is 0 Å². The topological polar surface area (TPSA) is 51.2 Å². The third-order valence-electron chi connectivity index (χ3n) is 2.00. The molecule has 3 nitrogen and oxygen atoms in total. The molecule has 88 valence electrons. The SMILES string of the molecule is CC(=O)C(Br)c1ccc(S(C)(=O)=O)c(Br)c1. The molecule has 0 spiro atoms. The largest absolute Gasteiger partial charge is 0.298 e. The van der Waals surface area contributed by atoms with Gasteiger partial charge in [0.05, 0.1) is 9.72 Å². The molecule has 1 atom stereocenters. The molecule has 0 N–H and O–H groups in total. The van der Waals surface area contributed by atoms with Crippen LogP contribution < -0.4 is 0 Å². The summed E-state index contributed by atoms with van der Waals surface area (Å²) in [6.45, 7) is 1.47. The van der Waals surface area contributed by atoms with Gasteiger partial charge in [0.1, 0.15) is 5.78 Å². The van der Waals surface area contributed by atoms with Crippen molar-refractivity contribution in [3.63, 3.8) is 0 Å². The minimum absolute atomic E-state index is 0.0287. The van der Waals surface area contributed by atoms with Crippen molar-refractivity contribution in [1.29, 1.82) is 0 Å². The fraction of sp³-hybridized carbons (Fsp3) is 0.300. The summed E-state index contributed by atoms with van der Waals surface area (Å²) < 4.78 is 23.2. The molecule has 0 fully saturated rings. The Kier molecular flexibility index (Phi) is 4.31. The quantitative estimate of drug-likeness (QED) is 0.769. The predicted octanol–water partition coefficient (Wildman–Crippen LogP) is 2.88. The highest BCUT2D eigenvalue weighted by molar-refractivity contribution is 9.10. The zero-order valence-electron chi connectivity index (χ0n) is 8.70. The Labute approximate surface area is 111 Å². The maximum Gasteiger partial charge on any atom is 0.176 e. The lowest BCUT2D eigenvalue weighted by Gasteiger charge is -2.09. The van der Waals surface area contributed by atoms with Gasteiger partial charge in [-0.25, -0.2) is 8.42 Å². The van der Waals surface area contributed by atoms with Crippen LogP contribution in [-0.2, 0) is 14.6 Å². The van der Waals surface area contributed by atoms with Crippen molar-refractivity contribution in [2.75, 3.05) is 6.26 Å². The fourth-order valence-electron chi connectivity index (χ4n) is 1.21. The molecule has 0 aliphatic rings. The molecular weight excluding hydrogens is 360 g/mol. The molecule has 0 amide bonds.